The number of aryl methyl sites for hydroxylation is 2. The highest BCUT2D eigenvalue weighted by Gasteiger charge is 2.25. The van der Waals surface area contributed by atoms with Crippen LogP contribution in [0.1, 0.15) is 16.9 Å². The number of pyridine rings is 1. The van der Waals surface area contributed by atoms with E-state index in [9.17, 15) is 14.7 Å². The number of imide groups is 1. The Balaban J connectivity index is 1.83. The molecule has 2 amide bonds. The van der Waals surface area contributed by atoms with E-state index in [2.05, 4.69) is 10.3 Å². The summed E-state index contributed by atoms with van der Waals surface area (Å²) in [5.41, 5.74) is 3.84. The summed E-state index contributed by atoms with van der Waals surface area (Å²) >= 11 is 0.843. The summed E-state index contributed by atoms with van der Waals surface area (Å²) in [4.78, 5) is 27.5. The molecule has 0 saturated carbocycles. The number of benzene rings is 1. The number of thioether (sulfide) groups is 1. The highest BCUT2D eigenvalue weighted by Crippen LogP contribution is 2.35. The largest absolute Gasteiger partial charge is 0.507 e. The molecular weight excluding hydrogens is 352 g/mol. The van der Waals surface area contributed by atoms with Crippen molar-refractivity contribution in [1.82, 2.24) is 10.3 Å². The fourth-order valence-electron chi connectivity index (χ4n) is 2.92. The Morgan fingerprint density at radius 1 is 1.15 bits per heavy atom. The second-order valence-corrected chi connectivity index (χ2v) is 7.08. The van der Waals surface area contributed by atoms with Gasteiger partial charge in [0.1, 0.15) is 17.1 Å². The van der Waals surface area contributed by atoms with E-state index < -0.39 is 11.1 Å². The molecule has 1 aliphatic heterocycles. The Hall–Kier alpha value is -3.06. The Bertz CT molecular complexity index is 1090. The Morgan fingerprint density at radius 2 is 1.88 bits per heavy atom. The summed E-state index contributed by atoms with van der Waals surface area (Å²) < 4.78 is 5.93. The number of aromatic nitrogens is 1. The molecule has 6 nitrogen and oxygen atoms in total. The Labute approximate surface area is 152 Å². The number of phenolic OH excluding ortho intramolecular Hbond substituents is 1. The lowest BCUT2D eigenvalue weighted by molar-refractivity contribution is -0.115. The number of fused-ring (bicyclic) bond motifs is 1. The first-order valence-corrected chi connectivity index (χ1v) is 8.67. The number of aromatic hydroxyl groups is 1. The van der Waals surface area contributed by atoms with E-state index in [4.69, 9.17) is 4.42 Å². The minimum atomic E-state index is -0.427. The Morgan fingerprint density at radius 3 is 2.54 bits per heavy atom. The van der Waals surface area contributed by atoms with Crippen LogP contribution in [0.25, 0.3) is 28.2 Å². The molecule has 2 aromatic heterocycles. The van der Waals surface area contributed by atoms with Crippen molar-refractivity contribution in [2.24, 2.45) is 0 Å². The third-order valence-corrected chi connectivity index (χ3v) is 4.97. The molecule has 0 spiro atoms. The normalized spacial score (nSPS) is 15.8. The zero-order valence-corrected chi connectivity index (χ0v) is 14.8. The molecule has 1 aromatic carbocycles. The first kappa shape index (κ1) is 16.4. The standard InChI is InChI=1S/C19H14N2O4S/c1-9-3-11(4-10(2)16(9)22)14-8-20-7-12-5-13(25-17(12)14)6-15-18(23)21-19(24)26-15/h3-8,22H,1-2H3,(H,21,23,24). The minimum Gasteiger partial charge on any atom is -0.507 e. The number of phenols is 1. The number of nitrogens with one attached hydrogen (secondary N) is 1. The minimum absolute atomic E-state index is 0.271. The van der Waals surface area contributed by atoms with Gasteiger partial charge in [0.15, 0.2) is 0 Å². The van der Waals surface area contributed by atoms with Crippen LogP contribution in [-0.2, 0) is 4.79 Å². The summed E-state index contributed by atoms with van der Waals surface area (Å²) in [7, 11) is 0. The van der Waals surface area contributed by atoms with Crippen LogP contribution in [0.3, 0.4) is 0 Å². The van der Waals surface area contributed by atoms with E-state index in [0.29, 0.717) is 16.2 Å². The molecule has 0 atom stereocenters. The van der Waals surface area contributed by atoms with Gasteiger partial charge in [0, 0.05) is 29.4 Å². The number of carbonyl (C=O) groups is 2. The van der Waals surface area contributed by atoms with Gasteiger partial charge in [-0.2, -0.15) is 0 Å². The lowest BCUT2D eigenvalue weighted by Crippen LogP contribution is -2.17. The average Bonchev–Trinajstić information content (AvgIpc) is 3.14. The van der Waals surface area contributed by atoms with Crippen LogP contribution in [0.15, 0.2) is 39.9 Å². The van der Waals surface area contributed by atoms with Crippen molar-refractivity contribution in [2.45, 2.75) is 13.8 Å². The highest BCUT2D eigenvalue weighted by molar-refractivity contribution is 8.18. The van der Waals surface area contributed by atoms with E-state index in [-0.39, 0.29) is 5.75 Å². The summed E-state index contributed by atoms with van der Waals surface area (Å²) in [6, 6.07) is 5.52. The molecule has 0 aliphatic carbocycles. The number of nitrogens with zero attached hydrogens (tertiary/aromatic N) is 1. The van der Waals surface area contributed by atoms with Gasteiger partial charge in [-0.15, -0.1) is 0 Å². The average molecular weight is 366 g/mol. The van der Waals surface area contributed by atoms with Crippen LogP contribution in [0.2, 0.25) is 0 Å². The van der Waals surface area contributed by atoms with Crippen molar-refractivity contribution in [2.75, 3.05) is 0 Å². The van der Waals surface area contributed by atoms with Gasteiger partial charge < -0.3 is 9.52 Å². The van der Waals surface area contributed by atoms with Gasteiger partial charge >= 0.3 is 0 Å². The lowest BCUT2D eigenvalue weighted by atomic mass is 10.00. The van der Waals surface area contributed by atoms with Crippen LogP contribution in [0, 0.1) is 13.8 Å². The zero-order valence-electron chi connectivity index (χ0n) is 14.0. The van der Waals surface area contributed by atoms with Gasteiger partial charge in [0.25, 0.3) is 11.1 Å². The second-order valence-electron chi connectivity index (χ2n) is 6.07. The summed E-state index contributed by atoms with van der Waals surface area (Å²) in [5, 5.41) is 12.6. The van der Waals surface area contributed by atoms with Gasteiger partial charge in [0.2, 0.25) is 0 Å². The van der Waals surface area contributed by atoms with Gasteiger partial charge in [-0.05, 0) is 60.5 Å². The highest BCUT2D eigenvalue weighted by atomic mass is 32.2. The van der Waals surface area contributed by atoms with Crippen molar-refractivity contribution in [3.63, 3.8) is 0 Å². The van der Waals surface area contributed by atoms with Crippen molar-refractivity contribution in [1.29, 1.82) is 0 Å². The van der Waals surface area contributed by atoms with E-state index in [1.165, 1.54) is 0 Å². The quantitative estimate of drug-likeness (QED) is 0.662. The molecule has 0 unspecified atom stereocenters. The second kappa shape index (κ2) is 6.03. The zero-order chi connectivity index (χ0) is 18.4. The fourth-order valence-corrected chi connectivity index (χ4v) is 3.58. The molecular formula is C19H14N2O4S. The molecule has 130 valence electrons. The van der Waals surface area contributed by atoms with Crippen molar-refractivity contribution >= 4 is 40.0 Å². The summed E-state index contributed by atoms with van der Waals surface area (Å²) in [6.07, 6.45) is 4.92. The molecule has 1 aliphatic rings. The van der Waals surface area contributed by atoms with E-state index >= 15 is 0 Å². The van der Waals surface area contributed by atoms with E-state index in [1.54, 1.807) is 24.5 Å². The molecule has 0 bridgehead atoms. The van der Waals surface area contributed by atoms with E-state index in [1.807, 2.05) is 26.0 Å². The molecule has 26 heavy (non-hydrogen) atoms. The topological polar surface area (TPSA) is 92.4 Å². The third kappa shape index (κ3) is 2.76. The summed E-state index contributed by atoms with van der Waals surface area (Å²) in [5.74, 6) is 0.310. The Kier molecular flexibility index (Phi) is 3.81. The van der Waals surface area contributed by atoms with Crippen molar-refractivity contribution in [3.8, 4) is 16.9 Å². The fraction of sp³-hybridized carbons (Fsp3) is 0.105. The van der Waals surface area contributed by atoms with E-state index in [0.717, 1.165) is 39.4 Å². The molecule has 4 rings (SSSR count). The van der Waals surface area contributed by atoms with Crippen LogP contribution in [0.5, 0.6) is 5.75 Å². The number of rotatable bonds is 2. The van der Waals surface area contributed by atoms with Gasteiger partial charge in [-0.1, -0.05) is 0 Å². The molecule has 0 radical (unpaired) electrons. The number of furan rings is 1. The number of carbonyl (C=O) groups excluding carboxylic acids is 2. The lowest BCUT2D eigenvalue weighted by Gasteiger charge is -2.08. The van der Waals surface area contributed by atoms with Gasteiger partial charge in [-0.3, -0.25) is 19.9 Å². The molecule has 7 heteroatoms. The maximum atomic E-state index is 11.7. The van der Waals surface area contributed by atoms with Crippen LogP contribution in [-0.4, -0.2) is 21.2 Å². The number of hydrogen-bond donors (Lipinski definition) is 2. The SMILES string of the molecule is Cc1cc(-c2cncc3cc(C=C4SC(=O)NC4=O)oc23)cc(C)c1O. The van der Waals surface area contributed by atoms with Crippen molar-refractivity contribution in [3.05, 3.63) is 52.4 Å². The third-order valence-electron chi connectivity index (χ3n) is 4.16. The smallest absolute Gasteiger partial charge is 0.290 e. The predicted octanol–water partition coefficient (Wildman–Crippen LogP) is 4.14. The van der Waals surface area contributed by atoms with Crippen LogP contribution in [0.4, 0.5) is 4.79 Å². The summed E-state index contributed by atoms with van der Waals surface area (Å²) in [6.45, 7) is 3.68. The predicted molar refractivity (Wildman–Crippen MR) is 99.7 cm³/mol. The molecule has 3 aromatic rings. The molecule has 2 N–H and O–H groups in total. The monoisotopic (exact) mass is 366 g/mol. The van der Waals surface area contributed by atoms with Gasteiger partial charge in [-0.25, -0.2) is 0 Å². The molecule has 1 saturated heterocycles. The van der Waals surface area contributed by atoms with Crippen LogP contribution >= 0.6 is 11.8 Å². The first-order chi connectivity index (χ1) is 12.4. The van der Waals surface area contributed by atoms with Crippen molar-refractivity contribution < 1.29 is 19.1 Å². The maximum Gasteiger partial charge on any atom is 0.290 e. The molecule has 1 fully saturated rings. The first-order valence-electron chi connectivity index (χ1n) is 7.85. The number of amides is 2. The van der Waals surface area contributed by atoms with Gasteiger partial charge in [0.05, 0.1) is 4.91 Å². The van der Waals surface area contributed by atoms with Crippen LogP contribution < -0.4 is 5.32 Å². The maximum absolute atomic E-state index is 11.7. The number of hydrogen-bond acceptors (Lipinski definition) is 6. The molecule has 3 heterocycles.